The van der Waals surface area contributed by atoms with Crippen molar-refractivity contribution in [2.45, 2.75) is 26.3 Å². The molecule has 0 aliphatic carbocycles. The Balaban J connectivity index is 1.58. The maximum absolute atomic E-state index is 12.7. The second kappa shape index (κ2) is 9.13. The maximum Gasteiger partial charge on any atom is 0.291 e. The van der Waals surface area contributed by atoms with Gasteiger partial charge in [-0.3, -0.25) is 9.78 Å². The number of para-hydroxylation sites is 1. The van der Waals surface area contributed by atoms with Gasteiger partial charge in [0.1, 0.15) is 5.82 Å². The summed E-state index contributed by atoms with van der Waals surface area (Å²) in [5, 5.41) is 7.44. The van der Waals surface area contributed by atoms with Gasteiger partial charge in [0.05, 0.1) is 5.69 Å². The summed E-state index contributed by atoms with van der Waals surface area (Å²) in [6, 6.07) is 22.0. The van der Waals surface area contributed by atoms with Gasteiger partial charge in [-0.2, -0.15) is 0 Å². The zero-order chi connectivity index (χ0) is 20.8. The standard InChI is InChI=1S/C24H23N5O/c1-18-7-5-6-10-21(18)29-22(12-11-19-8-3-2-4-9-19)27-23(28-29)24(30)26-17-20-13-15-25-16-14-20/h2-10,13-16H,11-12,17H2,1H3,(H,26,30). The third-order valence-electron chi connectivity index (χ3n) is 4.90. The molecule has 0 saturated heterocycles. The van der Waals surface area contributed by atoms with Crippen molar-refractivity contribution < 1.29 is 4.79 Å². The number of benzene rings is 2. The van der Waals surface area contributed by atoms with Gasteiger partial charge in [-0.05, 0) is 48.2 Å². The van der Waals surface area contributed by atoms with Crippen molar-refractivity contribution in [2.24, 2.45) is 0 Å². The normalized spacial score (nSPS) is 10.7. The number of hydrogen-bond acceptors (Lipinski definition) is 4. The van der Waals surface area contributed by atoms with Crippen LogP contribution in [0.25, 0.3) is 5.69 Å². The quantitative estimate of drug-likeness (QED) is 0.516. The summed E-state index contributed by atoms with van der Waals surface area (Å²) in [5.41, 5.74) is 4.20. The third-order valence-corrected chi connectivity index (χ3v) is 4.90. The molecule has 150 valence electrons. The second-order valence-corrected chi connectivity index (χ2v) is 7.07. The first-order valence-electron chi connectivity index (χ1n) is 9.93. The third kappa shape index (κ3) is 4.60. The Kier molecular flexibility index (Phi) is 5.94. The van der Waals surface area contributed by atoms with Crippen LogP contribution >= 0.6 is 0 Å². The van der Waals surface area contributed by atoms with Gasteiger partial charge >= 0.3 is 0 Å². The van der Waals surface area contributed by atoms with Crippen molar-refractivity contribution in [2.75, 3.05) is 0 Å². The first-order chi connectivity index (χ1) is 14.7. The molecular weight excluding hydrogens is 374 g/mol. The molecule has 0 saturated carbocycles. The molecule has 0 aliphatic heterocycles. The van der Waals surface area contributed by atoms with E-state index in [4.69, 9.17) is 0 Å². The van der Waals surface area contributed by atoms with Crippen molar-refractivity contribution in [3.8, 4) is 5.69 Å². The SMILES string of the molecule is Cc1ccccc1-n1nc(C(=O)NCc2ccncc2)nc1CCc1ccccc1. The number of nitrogens with one attached hydrogen (secondary N) is 1. The van der Waals surface area contributed by atoms with E-state index >= 15 is 0 Å². The minimum atomic E-state index is -0.292. The Bertz CT molecular complexity index is 1120. The fourth-order valence-corrected chi connectivity index (χ4v) is 3.26. The van der Waals surface area contributed by atoms with Crippen LogP contribution in [0.2, 0.25) is 0 Å². The van der Waals surface area contributed by atoms with E-state index in [0.29, 0.717) is 13.0 Å². The van der Waals surface area contributed by atoms with Crippen LogP contribution in [0.3, 0.4) is 0 Å². The topological polar surface area (TPSA) is 72.7 Å². The predicted molar refractivity (Wildman–Crippen MR) is 115 cm³/mol. The summed E-state index contributed by atoms with van der Waals surface area (Å²) in [4.78, 5) is 21.3. The van der Waals surface area contributed by atoms with E-state index in [1.165, 1.54) is 5.56 Å². The number of rotatable bonds is 7. The lowest BCUT2D eigenvalue weighted by Crippen LogP contribution is -2.24. The number of hydrogen-bond donors (Lipinski definition) is 1. The highest BCUT2D eigenvalue weighted by Crippen LogP contribution is 2.16. The molecule has 0 fully saturated rings. The summed E-state index contributed by atoms with van der Waals surface area (Å²) in [6.07, 6.45) is 4.91. The molecule has 1 N–H and O–H groups in total. The van der Waals surface area contributed by atoms with Gasteiger partial charge in [-0.25, -0.2) is 9.67 Å². The average molecular weight is 397 g/mol. The molecule has 4 rings (SSSR count). The molecule has 2 heterocycles. The predicted octanol–water partition coefficient (Wildman–Crippen LogP) is 3.69. The van der Waals surface area contributed by atoms with Crippen LogP contribution in [0, 0.1) is 6.92 Å². The van der Waals surface area contributed by atoms with Gasteiger partial charge in [0.15, 0.2) is 0 Å². The van der Waals surface area contributed by atoms with Gasteiger partial charge in [0.25, 0.3) is 5.91 Å². The summed E-state index contributed by atoms with van der Waals surface area (Å²) in [5.74, 6) is 0.651. The zero-order valence-corrected chi connectivity index (χ0v) is 16.8. The smallest absolute Gasteiger partial charge is 0.291 e. The molecule has 4 aromatic rings. The molecule has 0 aliphatic rings. The Morgan fingerprint density at radius 2 is 1.63 bits per heavy atom. The average Bonchev–Trinajstić information content (AvgIpc) is 3.22. The molecule has 6 nitrogen and oxygen atoms in total. The van der Waals surface area contributed by atoms with E-state index in [1.54, 1.807) is 17.1 Å². The Morgan fingerprint density at radius 1 is 0.900 bits per heavy atom. The first kappa shape index (κ1) is 19.5. The van der Waals surface area contributed by atoms with Crippen LogP contribution < -0.4 is 5.32 Å². The van der Waals surface area contributed by atoms with Crippen molar-refractivity contribution in [3.05, 3.63) is 107 Å². The molecule has 6 heteroatoms. The molecule has 0 bridgehead atoms. The number of nitrogens with zero attached hydrogens (tertiary/aromatic N) is 4. The Hall–Kier alpha value is -3.80. The van der Waals surface area contributed by atoms with Crippen LogP contribution in [0.4, 0.5) is 0 Å². The summed E-state index contributed by atoms with van der Waals surface area (Å²) in [6.45, 7) is 2.43. The number of aryl methyl sites for hydroxylation is 3. The van der Waals surface area contributed by atoms with Crippen molar-refractivity contribution >= 4 is 5.91 Å². The highest BCUT2D eigenvalue weighted by atomic mass is 16.2. The molecule has 1 amide bonds. The second-order valence-electron chi connectivity index (χ2n) is 7.07. The number of amides is 1. The van der Waals surface area contributed by atoms with Gasteiger partial charge in [-0.15, -0.1) is 5.10 Å². The van der Waals surface area contributed by atoms with Gasteiger partial charge in [0, 0.05) is 25.4 Å². The minimum absolute atomic E-state index is 0.176. The highest BCUT2D eigenvalue weighted by molar-refractivity contribution is 5.90. The molecular formula is C24H23N5O. The number of carbonyl (C=O) groups excluding carboxylic acids is 1. The zero-order valence-electron chi connectivity index (χ0n) is 16.8. The number of aromatic nitrogens is 4. The molecule has 0 unspecified atom stereocenters. The Morgan fingerprint density at radius 3 is 2.40 bits per heavy atom. The van der Waals surface area contributed by atoms with E-state index in [-0.39, 0.29) is 11.7 Å². The molecule has 0 radical (unpaired) electrons. The van der Waals surface area contributed by atoms with Crippen LogP contribution in [0.15, 0.2) is 79.1 Å². The van der Waals surface area contributed by atoms with Gasteiger partial charge in [0.2, 0.25) is 5.82 Å². The first-order valence-corrected chi connectivity index (χ1v) is 9.93. The van der Waals surface area contributed by atoms with E-state index in [9.17, 15) is 4.79 Å². The van der Waals surface area contributed by atoms with Crippen LogP contribution in [0.1, 0.15) is 33.1 Å². The lowest BCUT2D eigenvalue weighted by atomic mass is 10.1. The molecule has 0 atom stereocenters. The minimum Gasteiger partial charge on any atom is -0.345 e. The van der Waals surface area contributed by atoms with Gasteiger partial charge < -0.3 is 5.32 Å². The van der Waals surface area contributed by atoms with Crippen molar-refractivity contribution in [1.29, 1.82) is 0 Å². The maximum atomic E-state index is 12.7. The van der Waals surface area contributed by atoms with Crippen molar-refractivity contribution in [3.63, 3.8) is 0 Å². The number of carbonyl (C=O) groups is 1. The molecule has 2 aromatic carbocycles. The van der Waals surface area contributed by atoms with Crippen LogP contribution in [-0.4, -0.2) is 25.7 Å². The number of pyridine rings is 1. The molecule has 0 spiro atoms. The van der Waals surface area contributed by atoms with E-state index in [0.717, 1.165) is 29.1 Å². The fraction of sp³-hybridized carbons (Fsp3) is 0.167. The monoisotopic (exact) mass is 397 g/mol. The largest absolute Gasteiger partial charge is 0.345 e. The summed E-state index contributed by atoms with van der Waals surface area (Å²) >= 11 is 0. The van der Waals surface area contributed by atoms with Gasteiger partial charge in [-0.1, -0.05) is 48.5 Å². The lowest BCUT2D eigenvalue weighted by Gasteiger charge is -2.08. The molecule has 30 heavy (non-hydrogen) atoms. The lowest BCUT2D eigenvalue weighted by molar-refractivity contribution is 0.0940. The highest BCUT2D eigenvalue weighted by Gasteiger charge is 2.18. The van der Waals surface area contributed by atoms with Crippen molar-refractivity contribution in [1.82, 2.24) is 25.1 Å². The van der Waals surface area contributed by atoms with Crippen LogP contribution in [0.5, 0.6) is 0 Å². The Labute approximate surface area is 175 Å². The summed E-state index contributed by atoms with van der Waals surface area (Å²) in [7, 11) is 0. The fourth-order valence-electron chi connectivity index (χ4n) is 3.26. The molecule has 2 aromatic heterocycles. The summed E-state index contributed by atoms with van der Waals surface area (Å²) < 4.78 is 1.79. The van der Waals surface area contributed by atoms with Crippen LogP contribution in [-0.2, 0) is 19.4 Å². The van der Waals surface area contributed by atoms with E-state index in [1.807, 2.05) is 61.5 Å². The van der Waals surface area contributed by atoms with E-state index < -0.39 is 0 Å². The van der Waals surface area contributed by atoms with E-state index in [2.05, 4.69) is 32.5 Å².